The van der Waals surface area contributed by atoms with Gasteiger partial charge in [-0.3, -0.25) is 4.98 Å². The van der Waals surface area contributed by atoms with E-state index in [1.807, 2.05) is 6.07 Å². The van der Waals surface area contributed by atoms with Gasteiger partial charge in [-0.1, -0.05) is 11.6 Å². The molecule has 4 heteroatoms. The summed E-state index contributed by atoms with van der Waals surface area (Å²) >= 11 is 5.84. The predicted octanol–water partition coefficient (Wildman–Crippen LogP) is 2.26. The minimum absolute atomic E-state index is 0.292. The summed E-state index contributed by atoms with van der Waals surface area (Å²) in [6.07, 6.45) is 6.93. The molecule has 0 aromatic carbocycles. The van der Waals surface area contributed by atoms with Crippen molar-refractivity contribution < 1.29 is 4.74 Å². The minimum Gasteiger partial charge on any atom is -0.489 e. The quantitative estimate of drug-likeness (QED) is 0.840. The molecule has 2 heterocycles. The van der Waals surface area contributed by atoms with Crippen LogP contribution in [0.5, 0.6) is 5.75 Å². The summed E-state index contributed by atoms with van der Waals surface area (Å²) in [6, 6.07) is 1.81. The summed E-state index contributed by atoms with van der Waals surface area (Å²) in [5.41, 5.74) is 0. The Balaban J connectivity index is 1.95. The molecule has 0 radical (unpaired) electrons. The van der Waals surface area contributed by atoms with E-state index in [-0.39, 0.29) is 0 Å². The Kier molecular flexibility index (Phi) is 3.80. The van der Waals surface area contributed by atoms with Gasteiger partial charge >= 0.3 is 0 Å². The van der Waals surface area contributed by atoms with Crippen LogP contribution in [0.1, 0.15) is 19.3 Å². The van der Waals surface area contributed by atoms with Gasteiger partial charge in [0.1, 0.15) is 11.9 Å². The SMILES string of the molecule is Clc1cncc(OC2CCCNCC2)c1. The molecule has 1 N–H and O–H groups in total. The van der Waals surface area contributed by atoms with Crippen molar-refractivity contribution in [1.29, 1.82) is 0 Å². The fourth-order valence-corrected chi connectivity index (χ4v) is 1.92. The number of nitrogens with one attached hydrogen (secondary N) is 1. The van der Waals surface area contributed by atoms with Crippen LogP contribution in [-0.2, 0) is 0 Å². The van der Waals surface area contributed by atoms with Gasteiger partial charge in [-0.05, 0) is 32.4 Å². The first-order valence-corrected chi connectivity index (χ1v) is 5.70. The normalized spacial score (nSPS) is 22.1. The molecule has 3 nitrogen and oxygen atoms in total. The smallest absolute Gasteiger partial charge is 0.139 e. The highest BCUT2D eigenvalue weighted by Gasteiger charge is 2.13. The fraction of sp³-hybridized carbons (Fsp3) is 0.545. The van der Waals surface area contributed by atoms with E-state index in [0.29, 0.717) is 11.1 Å². The largest absolute Gasteiger partial charge is 0.489 e. The van der Waals surface area contributed by atoms with Gasteiger partial charge in [-0.25, -0.2) is 0 Å². The number of hydrogen-bond donors (Lipinski definition) is 1. The van der Waals surface area contributed by atoms with Gasteiger partial charge in [0.2, 0.25) is 0 Å². The third-order valence-corrected chi connectivity index (χ3v) is 2.71. The highest BCUT2D eigenvalue weighted by Crippen LogP contribution is 2.19. The van der Waals surface area contributed by atoms with Crippen molar-refractivity contribution in [2.24, 2.45) is 0 Å². The number of aromatic nitrogens is 1. The second-order valence-corrected chi connectivity index (χ2v) is 4.20. The van der Waals surface area contributed by atoms with Crippen molar-refractivity contribution in [2.45, 2.75) is 25.4 Å². The molecule has 0 aliphatic carbocycles. The summed E-state index contributed by atoms with van der Waals surface area (Å²) in [5.74, 6) is 0.773. The molecule has 1 unspecified atom stereocenters. The highest BCUT2D eigenvalue weighted by molar-refractivity contribution is 6.30. The maximum Gasteiger partial charge on any atom is 0.139 e. The molecule has 0 saturated carbocycles. The van der Waals surface area contributed by atoms with Crippen LogP contribution < -0.4 is 10.1 Å². The Bertz CT molecular complexity index is 311. The molecule has 2 rings (SSSR count). The Morgan fingerprint density at radius 3 is 3.13 bits per heavy atom. The molecule has 82 valence electrons. The van der Waals surface area contributed by atoms with E-state index >= 15 is 0 Å². The lowest BCUT2D eigenvalue weighted by molar-refractivity contribution is 0.187. The van der Waals surface area contributed by atoms with Gasteiger partial charge in [0, 0.05) is 12.3 Å². The fourth-order valence-electron chi connectivity index (χ4n) is 1.75. The van der Waals surface area contributed by atoms with Crippen LogP contribution in [-0.4, -0.2) is 24.2 Å². The van der Waals surface area contributed by atoms with Crippen molar-refractivity contribution in [2.75, 3.05) is 13.1 Å². The molecule has 1 aliphatic rings. The van der Waals surface area contributed by atoms with Crippen LogP contribution in [0.3, 0.4) is 0 Å². The van der Waals surface area contributed by atoms with Crippen LogP contribution in [0, 0.1) is 0 Å². The van der Waals surface area contributed by atoms with Gasteiger partial charge < -0.3 is 10.1 Å². The minimum atomic E-state index is 0.292. The molecule has 1 fully saturated rings. The first-order valence-electron chi connectivity index (χ1n) is 5.32. The zero-order chi connectivity index (χ0) is 10.5. The second kappa shape index (κ2) is 5.33. The maximum atomic E-state index is 5.84. The standard InChI is InChI=1S/C11H15ClN2O/c12-9-6-11(8-14-7-9)15-10-2-1-4-13-5-3-10/h6-8,10,13H,1-5H2. The summed E-state index contributed by atoms with van der Waals surface area (Å²) in [6.45, 7) is 2.12. The van der Waals surface area contributed by atoms with E-state index in [4.69, 9.17) is 16.3 Å². The molecular weight excluding hydrogens is 212 g/mol. The summed E-state index contributed by atoms with van der Waals surface area (Å²) in [5, 5.41) is 3.98. The average Bonchev–Trinajstić information content (AvgIpc) is 2.46. The lowest BCUT2D eigenvalue weighted by Crippen LogP contribution is -2.19. The third kappa shape index (κ3) is 3.36. The van der Waals surface area contributed by atoms with Crippen molar-refractivity contribution in [1.82, 2.24) is 10.3 Å². The molecule has 0 amide bonds. The Morgan fingerprint density at radius 2 is 2.27 bits per heavy atom. The molecular formula is C11H15ClN2O. The summed E-state index contributed by atoms with van der Waals surface area (Å²) in [4.78, 5) is 4.00. The predicted molar refractivity (Wildman–Crippen MR) is 60.4 cm³/mol. The number of hydrogen-bond acceptors (Lipinski definition) is 3. The molecule has 1 aliphatic heterocycles. The Labute approximate surface area is 94.8 Å². The number of ether oxygens (including phenoxy) is 1. The van der Waals surface area contributed by atoms with Gasteiger partial charge in [-0.15, -0.1) is 0 Å². The number of halogens is 1. The van der Waals surface area contributed by atoms with E-state index in [1.165, 1.54) is 6.42 Å². The topological polar surface area (TPSA) is 34.1 Å². The van der Waals surface area contributed by atoms with Gasteiger partial charge in [0.05, 0.1) is 11.2 Å². The van der Waals surface area contributed by atoms with Crippen molar-refractivity contribution in [3.05, 3.63) is 23.5 Å². The van der Waals surface area contributed by atoms with E-state index in [2.05, 4.69) is 10.3 Å². The first-order chi connectivity index (χ1) is 7.34. The average molecular weight is 227 g/mol. The van der Waals surface area contributed by atoms with E-state index in [1.54, 1.807) is 12.4 Å². The second-order valence-electron chi connectivity index (χ2n) is 3.76. The molecule has 0 spiro atoms. The number of rotatable bonds is 2. The Morgan fingerprint density at radius 1 is 1.33 bits per heavy atom. The van der Waals surface area contributed by atoms with E-state index in [0.717, 1.165) is 31.7 Å². The molecule has 1 aromatic rings. The summed E-state index contributed by atoms with van der Waals surface area (Å²) < 4.78 is 5.83. The van der Waals surface area contributed by atoms with Crippen LogP contribution in [0.4, 0.5) is 0 Å². The van der Waals surface area contributed by atoms with Crippen LogP contribution >= 0.6 is 11.6 Å². The molecule has 0 bridgehead atoms. The third-order valence-electron chi connectivity index (χ3n) is 2.51. The van der Waals surface area contributed by atoms with Crippen LogP contribution in [0.25, 0.3) is 0 Å². The highest BCUT2D eigenvalue weighted by atomic mass is 35.5. The van der Waals surface area contributed by atoms with Crippen LogP contribution in [0.15, 0.2) is 18.5 Å². The van der Waals surface area contributed by atoms with Gasteiger partial charge in [0.25, 0.3) is 0 Å². The van der Waals surface area contributed by atoms with Gasteiger partial charge in [0.15, 0.2) is 0 Å². The van der Waals surface area contributed by atoms with Crippen LogP contribution in [0.2, 0.25) is 5.02 Å². The summed E-state index contributed by atoms with van der Waals surface area (Å²) in [7, 11) is 0. The lowest BCUT2D eigenvalue weighted by atomic mass is 10.1. The number of nitrogens with zero attached hydrogens (tertiary/aromatic N) is 1. The first kappa shape index (κ1) is 10.7. The zero-order valence-electron chi connectivity index (χ0n) is 8.58. The zero-order valence-corrected chi connectivity index (χ0v) is 9.33. The Hall–Kier alpha value is -0.800. The molecule has 1 saturated heterocycles. The lowest BCUT2D eigenvalue weighted by Gasteiger charge is -2.16. The van der Waals surface area contributed by atoms with Crippen molar-refractivity contribution in [3.63, 3.8) is 0 Å². The molecule has 15 heavy (non-hydrogen) atoms. The number of pyridine rings is 1. The monoisotopic (exact) mass is 226 g/mol. The van der Waals surface area contributed by atoms with Gasteiger partial charge in [-0.2, -0.15) is 0 Å². The van der Waals surface area contributed by atoms with E-state index in [9.17, 15) is 0 Å². The van der Waals surface area contributed by atoms with Crippen molar-refractivity contribution >= 4 is 11.6 Å². The molecule has 1 atom stereocenters. The maximum absolute atomic E-state index is 5.84. The van der Waals surface area contributed by atoms with Crippen molar-refractivity contribution in [3.8, 4) is 5.75 Å². The molecule has 1 aromatic heterocycles. The van der Waals surface area contributed by atoms with E-state index < -0.39 is 0 Å².